The minimum absolute atomic E-state index is 0.443. The second-order valence-corrected chi connectivity index (χ2v) is 2.72. The Hall–Kier alpha value is -1.91. The molecule has 3 N–H and O–H groups in total. The molecule has 5 heteroatoms. The highest BCUT2D eigenvalue weighted by Gasteiger charge is 2.17. The first-order valence-corrected chi connectivity index (χ1v) is 4.13. The van der Waals surface area contributed by atoms with E-state index in [2.05, 4.69) is 10.3 Å². The van der Waals surface area contributed by atoms with Gasteiger partial charge in [-0.1, -0.05) is 12.2 Å². The van der Waals surface area contributed by atoms with Crippen molar-refractivity contribution in [2.45, 2.75) is 12.5 Å². The van der Waals surface area contributed by atoms with Crippen molar-refractivity contribution < 1.29 is 9.59 Å². The molecular weight excluding hydrogens is 182 g/mol. The van der Waals surface area contributed by atoms with Gasteiger partial charge in [0.25, 0.3) is 0 Å². The molecule has 14 heavy (non-hydrogen) atoms. The molecule has 0 spiro atoms. The van der Waals surface area contributed by atoms with Gasteiger partial charge in [-0.2, -0.15) is 0 Å². The molecule has 5 nitrogen and oxygen atoms in total. The van der Waals surface area contributed by atoms with Crippen molar-refractivity contribution in [3.05, 3.63) is 23.9 Å². The summed E-state index contributed by atoms with van der Waals surface area (Å²) < 4.78 is 0. The third-order valence-electron chi connectivity index (χ3n) is 1.73. The van der Waals surface area contributed by atoms with Gasteiger partial charge in [-0.15, -0.1) is 0 Å². The first-order valence-electron chi connectivity index (χ1n) is 4.13. The Morgan fingerprint density at radius 1 is 1.71 bits per heavy atom. The van der Waals surface area contributed by atoms with Crippen molar-refractivity contribution in [2.75, 3.05) is 0 Å². The van der Waals surface area contributed by atoms with Gasteiger partial charge in [0.15, 0.2) is 0 Å². The van der Waals surface area contributed by atoms with Crippen LogP contribution in [-0.2, 0) is 9.59 Å². The van der Waals surface area contributed by atoms with Gasteiger partial charge in [0.2, 0.25) is 12.3 Å². The summed E-state index contributed by atoms with van der Waals surface area (Å²) in [6.07, 6.45) is 7.91. The molecule has 1 heterocycles. The van der Waals surface area contributed by atoms with E-state index in [0.29, 0.717) is 18.4 Å². The number of rotatable bonds is 4. The Kier molecular flexibility index (Phi) is 3.60. The highest BCUT2D eigenvalue weighted by atomic mass is 16.2. The Bertz CT molecular complexity index is 318. The third kappa shape index (κ3) is 2.55. The van der Waals surface area contributed by atoms with Gasteiger partial charge in [0.05, 0.1) is 0 Å². The van der Waals surface area contributed by atoms with Gasteiger partial charge in [-0.25, -0.2) is 0 Å². The van der Waals surface area contributed by atoms with E-state index < -0.39 is 11.9 Å². The Balaban J connectivity index is 2.86. The van der Waals surface area contributed by atoms with E-state index in [9.17, 15) is 9.59 Å². The molecule has 0 saturated carbocycles. The van der Waals surface area contributed by atoms with Crippen molar-refractivity contribution in [1.82, 2.24) is 5.32 Å². The predicted molar refractivity (Wildman–Crippen MR) is 52.5 cm³/mol. The number of primary amides is 1. The molecule has 0 fully saturated rings. The molecule has 1 aliphatic rings. The zero-order chi connectivity index (χ0) is 10.4. The fourth-order valence-corrected chi connectivity index (χ4v) is 1.09. The number of aliphatic imine (C=N–C) groups is 1. The first-order chi connectivity index (χ1) is 6.75. The van der Waals surface area contributed by atoms with E-state index in [-0.39, 0.29) is 0 Å². The maximum absolute atomic E-state index is 11.0. The van der Waals surface area contributed by atoms with E-state index in [1.807, 2.05) is 6.08 Å². The summed E-state index contributed by atoms with van der Waals surface area (Å²) in [4.78, 5) is 25.1. The van der Waals surface area contributed by atoms with Gasteiger partial charge in [0.1, 0.15) is 6.04 Å². The van der Waals surface area contributed by atoms with E-state index in [0.717, 1.165) is 0 Å². The summed E-state index contributed by atoms with van der Waals surface area (Å²) in [5, 5.41) is 2.33. The molecule has 1 aliphatic heterocycles. The van der Waals surface area contributed by atoms with Crippen molar-refractivity contribution in [1.29, 1.82) is 0 Å². The normalized spacial score (nSPS) is 16.7. The quantitative estimate of drug-likeness (QED) is 0.590. The molecule has 1 atom stereocenters. The lowest BCUT2D eigenvalue weighted by Crippen LogP contribution is -2.41. The smallest absolute Gasteiger partial charge is 0.244 e. The number of amides is 2. The standard InChI is InChI=1S/C9H11N3O2/c10-9(14)8(12-6-13)7-3-1-2-4-11-5-7/h1,3-6,8H,2H2,(H2,10,14)(H,12,13). The first kappa shape index (κ1) is 10.2. The lowest BCUT2D eigenvalue weighted by atomic mass is 10.1. The maximum atomic E-state index is 11.0. The van der Waals surface area contributed by atoms with Crippen molar-refractivity contribution >= 4 is 18.5 Å². The Morgan fingerprint density at radius 3 is 3.14 bits per heavy atom. The summed E-state index contributed by atoms with van der Waals surface area (Å²) in [5.41, 5.74) is 5.70. The van der Waals surface area contributed by atoms with Gasteiger partial charge in [-0.3, -0.25) is 14.6 Å². The molecule has 0 bridgehead atoms. The molecule has 0 aromatic heterocycles. The molecule has 0 aliphatic carbocycles. The largest absolute Gasteiger partial charge is 0.368 e. The number of hydrogen-bond acceptors (Lipinski definition) is 3. The molecular formula is C9H11N3O2. The zero-order valence-corrected chi connectivity index (χ0v) is 7.51. The van der Waals surface area contributed by atoms with Crippen LogP contribution >= 0.6 is 0 Å². The van der Waals surface area contributed by atoms with Gasteiger partial charge < -0.3 is 11.1 Å². The van der Waals surface area contributed by atoms with E-state index in [1.165, 1.54) is 6.20 Å². The van der Waals surface area contributed by atoms with E-state index >= 15 is 0 Å². The van der Waals surface area contributed by atoms with Crippen LogP contribution in [-0.4, -0.2) is 24.6 Å². The van der Waals surface area contributed by atoms with Crippen molar-refractivity contribution in [3.63, 3.8) is 0 Å². The SMILES string of the molecule is NC(=O)C(NC=O)C1=CN=CCC=C1. The van der Waals surface area contributed by atoms with E-state index in [1.54, 1.807) is 12.3 Å². The minimum atomic E-state index is -0.806. The fraction of sp³-hybridized carbons (Fsp3) is 0.222. The van der Waals surface area contributed by atoms with Crippen LogP contribution in [0.1, 0.15) is 6.42 Å². The molecule has 0 aromatic carbocycles. The van der Waals surface area contributed by atoms with Crippen LogP contribution in [0.2, 0.25) is 0 Å². The van der Waals surface area contributed by atoms with Crippen molar-refractivity contribution in [3.8, 4) is 0 Å². The lowest BCUT2D eigenvalue weighted by molar-refractivity contribution is -0.121. The second-order valence-electron chi connectivity index (χ2n) is 2.72. The fourth-order valence-electron chi connectivity index (χ4n) is 1.09. The van der Waals surface area contributed by atoms with Crippen LogP contribution in [0.25, 0.3) is 0 Å². The Labute approximate surface area is 81.4 Å². The van der Waals surface area contributed by atoms with Crippen LogP contribution < -0.4 is 11.1 Å². The number of carbonyl (C=O) groups is 2. The monoisotopic (exact) mass is 193 g/mol. The second kappa shape index (κ2) is 4.96. The average molecular weight is 193 g/mol. The zero-order valence-electron chi connectivity index (χ0n) is 7.51. The lowest BCUT2D eigenvalue weighted by Gasteiger charge is -2.11. The van der Waals surface area contributed by atoms with Crippen LogP contribution in [0.3, 0.4) is 0 Å². The molecule has 0 radical (unpaired) electrons. The van der Waals surface area contributed by atoms with Gasteiger partial charge >= 0.3 is 0 Å². The van der Waals surface area contributed by atoms with Crippen LogP contribution in [0.4, 0.5) is 0 Å². The molecule has 0 saturated heterocycles. The summed E-state index contributed by atoms with van der Waals surface area (Å²) in [6, 6.07) is -0.806. The number of carbonyl (C=O) groups excluding carboxylic acids is 2. The highest BCUT2D eigenvalue weighted by molar-refractivity contribution is 5.86. The number of nitrogens with zero attached hydrogens (tertiary/aromatic N) is 1. The third-order valence-corrected chi connectivity index (χ3v) is 1.73. The topological polar surface area (TPSA) is 84.5 Å². The Morgan fingerprint density at radius 2 is 2.50 bits per heavy atom. The van der Waals surface area contributed by atoms with Crippen LogP contribution in [0.15, 0.2) is 28.9 Å². The summed E-state index contributed by atoms with van der Waals surface area (Å²) in [7, 11) is 0. The number of hydrogen-bond donors (Lipinski definition) is 2. The molecule has 1 rings (SSSR count). The highest BCUT2D eigenvalue weighted by Crippen LogP contribution is 2.07. The van der Waals surface area contributed by atoms with Gasteiger partial charge in [0, 0.05) is 24.4 Å². The van der Waals surface area contributed by atoms with Crippen LogP contribution in [0, 0.1) is 0 Å². The summed E-state index contributed by atoms with van der Waals surface area (Å²) in [6.45, 7) is 0. The summed E-state index contributed by atoms with van der Waals surface area (Å²) >= 11 is 0. The molecule has 1 unspecified atom stereocenters. The predicted octanol–water partition coefficient (Wildman–Crippen LogP) is -0.499. The van der Waals surface area contributed by atoms with E-state index in [4.69, 9.17) is 5.73 Å². The number of nitrogens with two attached hydrogens (primary N) is 1. The minimum Gasteiger partial charge on any atom is -0.368 e. The van der Waals surface area contributed by atoms with Gasteiger partial charge in [-0.05, 0) is 0 Å². The number of nitrogens with one attached hydrogen (secondary N) is 1. The molecule has 0 aromatic rings. The number of allylic oxidation sites excluding steroid dienone is 1. The summed E-state index contributed by atoms with van der Waals surface area (Å²) in [5.74, 6) is -0.606. The maximum Gasteiger partial charge on any atom is 0.244 e. The molecule has 74 valence electrons. The average Bonchev–Trinajstić information content (AvgIpc) is 2.41. The van der Waals surface area contributed by atoms with Crippen molar-refractivity contribution in [2.24, 2.45) is 10.7 Å². The molecule has 2 amide bonds. The van der Waals surface area contributed by atoms with Crippen LogP contribution in [0.5, 0.6) is 0 Å².